The molecular formula is C12H16N2O3. The van der Waals surface area contributed by atoms with Crippen molar-refractivity contribution in [1.29, 1.82) is 0 Å². The topological polar surface area (TPSA) is 82.2 Å². The van der Waals surface area contributed by atoms with E-state index in [0.29, 0.717) is 18.0 Å². The fourth-order valence-electron chi connectivity index (χ4n) is 2.02. The van der Waals surface area contributed by atoms with Gasteiger partial charge in [0.1, 0.15) is 5.69 Å². The molecule has 0 aliphatic heterocycles. The Morgan fingerprint density at radius 1 is 1.53 bits per heavy atom. The van der Waals surface area contributed by atoms with E-state index in [2.05, 4.69) is 10.3 Å². The molecule has 0 spiro atoms. The van der Waals surface area contributed by atoms with Crippen LogP contribution in [-0.2, 0) is 4.79 Å². The van der Waals surface area contributed by atoms with E-state index >= 15 is 0 Å². The van der Waals surface area contributed by atoms with Crippen molar-refractivity contribution in [2.75, 3.05) is 5.32 Å². The molecule has 1 heterocycles. The molecular weight excluding hydrogens is 220 g/mol. The number of aryl methyl sites for hydroxylation is 1. The van der Waals surface area contributed by atoms with Crippen molar-refractivity contribution < 1.29 is 14.7 Å². The molecule has 5 heteroatoms. The zero-order valence-electron chi connectivity index (χ0n) is 9.75. The zero-order valence-corrected chi connectivity index (χ0v) is 9.75. The molecule has 0 atom stereocenters. The van der Waals surface area contributed by atoms with Gasteiger partial charge in [0.15, 0.2) is 0 Å². The van der Waals surface area contributed by atoms with E-state index in [0.717, 1.165) is 18.5 Å². The molecule has 1 aromatic heterocycles. The molecule has 92 valence electrons. The third-order valence-corrected chi connectivity index (χ3v) is 3.14. The van der Waals surface area contributed by atoms with E-state index < -0.39 is 5.97 Å². The second-order valence-corrected chi connectivity index (χ2v) is 4.60. The minimum Gasteiger partial charge on any atom is -0.477 e. The van der Waals surface area contributed by atoms with E-state index in [1.54, 1.807) is 13.0 Å². The highest BCUT2D eigenvalue weighted by Gasteiger charge is 2.22. The summed E-state index contributed by atoms with van der Waals surface area (Å²) in [4.78, 5) is 25.3. The van der Waals surface area contributed by atoms with Crippen molar-refractivity contribution in [2.24, 2.45) is 5.92 Å². The van der Waals surface area contributed by atoms with Crippen LogP contribution in [0.4, 0.5) is 5.69 Å². The van der Waals surface area contributed by atoms with Crippen LogP contribution in [0.1, 0.15) is 41.9 Å². The lowest BCUT2D eigenvalue weighted by atomic mass is 9.83. The molecule has 0 radical (unpaired) electrons. The van der Waals surface area contributed by atoms with Crippen LogP contribution in [0.25, 0.3) is 0 Å². The van der Waals surface area contributed by atoms with E-state index in [9.17, 15) is 9.59 Å². The molecule has 3 N–H and O–H groups in total. The van der Waals surface area contributed by atoms with Crippen LogP contribution >= 0.6 is 0 Å². The molecule has 0 unspecified atom stereocenters. The Labute approximate surface area is 99.2 Å². The summed E-state index contributed by atoms with van der Waals surface area (Å²) in [5, 5.41) is 11.6. The Morgan fingerprint density at radius 3 is 2.76 bits per heavy atom. The predicted octanol–water partition coefficient (Wildman–Crippen LogP) is 2.15. The number of hydrogen-bond donors (Lipinski definition) is 3. The average Bonchev–Trinajstić information content (AvgIpc) is 2.53. The first-order valence-corrected chi connectivity index (χ1v) is 5.79. The van der Waals surface area contributed by atoms with E-state index in [1.807, 2.05) is 0 Å². The number of H-pyrrole nitrogens is 1. The quantitative estimate of drug-likeness (QED) is 0.749. The monoisotopic (exact) mass is 236 g/mol. The lowest BCUT2D eigenvalue weighted by Gasteiger charge is -2.24. The highest BCUT2D eigenvalue weighted by molar-refractivity contribution is 5.99. The van der Waals surface area contributed by atoms with E-state index in [-0.39, 0.29) is 11.6 Å². The third-order valence-electron chi connectivity index (χ3n) is 3.14. The molecule has 5 nitrogen and oxygen atoms in total. The predicted molar refractivity (Wildman–Crippen MR) is 63.1 cm³/mol. The smallest absolute Gasteiger partial charge is 0.354 e. The summed E-state index contributed by atoms with van der Waals surface area (Å²) in [6.07, 6.45) is 3.89. The summed E-state index contributed by atoms with van der Waals surface area (Å²) in [5.41, 5.74) is 1.13. The maximum Gasteiger partial charge on any atom is 0.354 e. The Morgan fingerprint density at radius 2 is 2.24 bits per heavy atom. The Bertz CT molecular complexity index is 447. The fraction of sp³-hybridized carbons (Fsp3) is 0.500. The molecule has 1 aliphatic rings. The number of aromatic amines is 1. The van der Waals surface area contributed by atoms with Crippen LogP contribution in [0.15, 0.2) is 6.07 Å². The molecule has 1 saturated carbocycles. The minimum atomic E-state index is -1.06. The van der Waals surface area contributed by atoms with Gasteiger partial charge in [0.25, 0.3) is 0 Å². The SMILES string of the molecule is Cc1cc(NC(=O)CC2CCC2)c(C(=O)O)[nH]1. The van der Waals surface area contributed by atoms with Gasteiger partial charge in [0.05, 0.1) is 5.69 Å². The number of aromatic nitrogens is 1. The molecule has 0 aromatic carbocycles. The number of carbonyl (C=O) groups excluding carboxylic acids is 1. The van der Waals surface area contributed by atoms with Crippen molar-refractivity contribution in [1.82, 2.24) is 4.98 Å². The number of rotatable bonds is 4. The molecule has 2 rings (SSSR count). The van der Waals surface area contributed by atoms with Crippen molar-refractivity contribution in [3.8, 4) is 0 Å². The van der Waals surface area contributed by atoms with Crippen LogP contribution in [0.2, 0.25) is 0 Å². The van der Waals surface area contributed by atoms with Crippen LogP contribution in [0, 0.1) is 12.8 Å². The second-order valence-electron chi connectivity index (χ2n) is 4.60. The second kappa shape index (κ2) is 4.61. The van der Waals surface area contributed by atoms with Crippen LogP contribution in [-0.4, -0.2) is 22.0 Å². The Balaban J connectivity index is 2.01. The molecule has 1 aromatic rings. The van der Waals surface area contributed by atoms with Gasteiger partial charge in [-0.05, 0) is 31.7 Å². The molecule has 1 aliphatic carbocycles. The van der Waals surface area contributed by atoms with Gasteiger partial charge in [-0.1, -0.05) is 6.42 Å². The number of aromatic carboxylic acids is 1. The third kappa shape index (κ3) is 2.67. The first-order valence-electron chi connectivity index (χ1n) is 5.79. The summed E-state index contributed by atoms with van der Waals surface area (Å²) in [5.74, 6) is -0.684. The number of hydrogen-bond acceptors (Lipinski definition) is 2. The van der Waals surface area contributed by atoms with Crippen molar-refractivity contribution >= 4 is 17.6 Å². The fourth-order valence-corrected chi connectivity index (χ4v) is 2.02. The summed E-state index contributed by atoms with van der Waals surface area (Å²) in [7, 11) is 0. The minimum absolute atomic E-state index is 0.0458. The largest absolute Gasteiger partial charge is 0.477 e. The summed E-state index contributed by atoms with van der Waals surface area (Å²) < 4.78 is 0. The first kappa shape index (κ1) is 11.7. The van der Waals surface area contributed by atoms with Crippen LogP contribution in [0.5, 0.6) is 0 Å². The highest BCUT2D eigenvalue weighted by Crippen LogP contribution is 2.29. The number of carboxylic acid groups (broad SMARTS) is 1. The van der Waals surface area contributed by atoms with Gasteiger partial charge < -0.3 is 15.4 Å². The number of nitrogens with one attached hydrogen (secondary N) is 2. The number of amides is 1. The van der Waals surface area contributed by atoms with Gasteiger partial charge in [-0.3, -0.25) is 4.79 Å². The van der Waals surface area contributed by atoms with Crippen LogP contribution < -0.4 is 5.32 Å². The van der Waals surface area contributed by atoms with Gasteiger partial charge in [-0.2, -0.15) is 0 Å². The zero-order chi connectivity index (χ0) is 12.4. The lowest BCUT2D eigenvalue weighted by Crippen LogP contribution is -2.21. The summed E-state index contributed by atoms with van der Waals surface area (Å²) in [6, 6.07) is 1.64. The number of carbonyl (C=O) groups is 2. The molecule has 1 fully saturated rings. The normalized spacial score (nSPS) is 15.4. The standard InChI is InChI=1S/C12H16N2O3/c1-7-5-9(11(13-7)12(16)17)14-10(15)6-8-3-2-4-8/h5,8,13H,2-4,6H2,1H3,(H,14,15)(H,16,17). The number of carboxylic acids is 1. The Hall–Kier alpha value is -1.78. The van der Waals surface area contributed by atoms with Crippen molar-refractivity contribution in [3.63, 3.8) is 0 Å². The maximum atomic E-state index is 11.7. The van der Waals surface area contributed by atoms with Gasteiger partial charge in [0.2, 0.25) is 5.91 Å². The highest BCUT2D eigenvalue weighted by atomic mass is 16.4. The van der Waals surface area contributed by atoms with Crippen molar-refractivity contribution in [2.45, 2.75) is 32.6 Å². The van der Waals surface area contributed by atoms with Crippen molar-refractivity contribution in [3.05, 3.63) is 17.5 Å². The summed E-state index contributed by atoms with van der Waals surface area (Å²) >= 11 is 0. The van der Waals surface area contributed by atoms with E-state index in [1.165, 1.54) is 6.42 Å². The molecule has 17 heavy (non-hydrogen) atoms. The lowest BCUT2D eigenvalue weighted by molar-refractivity contribution is -0.117. The van der Waals surface area contributed by atoms with E-state index in [4.69, 9.17) is 5.11 Å². The molecule has 1 amide bonds. The van der Waals surface area contributed by atoms with Gasteiger partial charge in [0, 0.05) is 12.1 Å². The maximum absolute atomic E-state index is 11.7. The first-order chi connectivity index (χ1) is 8.06. The average molecular weight is 236 g/mol. The van der Waals surface area contributed by atoms with Crippen LogP contribution in [0.3, 0.4) is 0 Å². The molecule has 0 saturated heterocycles. The van der Waals surface area contributed by atoms with Gasteiger partial charge in [-0.25, -0.2) is 4.79 Å². The van der Waals surface area contributed by atoms with Gasteiger partial charge in [-0.15, -0.1) is 0 Å². The molecule has 0 bridgehead atoms. The van der Waals surface area contributed by atoms with Gasteiger partial charge >= 0.3 is 5.97 Å². The summed E-state index contributed by atoms with van der Waals surface area (Å²) in [6.45, 7) is 1.76. The number of anilines is 1. The Kier molecular flexibility index (Phi) is 3.17.